The quantitative estimate of drug-likeness (QED) is 0.881. The van der Waals surface area contributed by atoms with Crippen LogP contribution in [0.25, 0.3) is 0 Å². The number of aromatic nitrogens is 1. The molecule has 2 aromatic rings. The molecule has 25 heavy (non-hydrogen) atoms. The van der Waals surface area contributed by atoms with E-state index in [1.807, 2.05) is 31.2 Å². The number of hydrogen-bond donors (Lipinski definition) is 2. The van der Waals surface area contributed by atoms with Crippen molar-refractivity contribution in [3.63, 3.8) is 0 Å². The van der Waals surface area contributed by atoms with Gasteiger partial charge in [-0.1, -0.05) is 17.7 Å². The van der Waals surface area contributed by atoms with E-state index in [4.69, 9.17) is 11.6 Å². The number of likely N-dealkylation sites (N-methyl/N-ethyl adjacent to an activating group) is 1. The highest BCUT2D eigenvalue weighted by molar-refractivity contribution is 6.31. The predicted octanol–water partition coefficient (Wildman–Crippen LogP) is 3.44. The standard InChI is InChI=1S/C18H22ClN5O/c1-13-3-4-14(11-16(13)19)21-18(25)22-15-5-6-17(20-12-15)24-9-7-23(2)8-10-24/h3-6,11-12H,7-10H2,1-2H3,(H2,21,22,25). The van der Waals surface area contributed by atoms with Crippen LogP contribution in [0.1, 0.15) is 5.56 Å². The molecular formula is C18H22ClN5O. The maximum Gasteiger partial charge on any atom is 0.323 e. The number of halogens is 1. The van der Waals surface area contributed by atoms with Crippen LogP contribution in [0.15, 0.2) is 36.5 Å². The third-order valence-electron chi connectivity index (χ3n) is 4.26. The minimum atomic E-state index is -0.325. The van der Waals surface area contributed by atoms with E-state index in [9.17, 15) is 4.79 Å². The van der Waals surface area contributed by atoms with Crippen LogP contribution in [0.2, 0.25) is 5.02 Å². The highest BCUT2D eigenvalue weighted by Gasteiger charge is 2.15. The van der Waals surface area contributed by atoms with Gasteiger partial charge in [-0.3, -0.25) is 0 Å². The van der Waals surface area contributed by atoms with Crippen LogP contribution in [0.4, 0.5) is 22.0 Å². The van der Waals surface area contributed by atoms with Crippen molar-refractivity contribution < 1.29 is 4.79 Å². The topological polar surface area (TPSA) is 60.5 Å². The average molecular weight is 360 g/mol. The summed E-state index contributed by atoms with van der Waals surface area (Å²) < 4.78 is 0. The summed E-state index contributed by atoms with van der Waals surface area (Å²) in [6.45, 7) is 5.90. The third kappa shape index (κ3) is 4.61. The largest absolute Gasteiger partial charge is 0.354 e. The molecular weight excluding hydrogens is 338 g/mol. The average Bonchev–Trinajstić information content (AvgIpc) is 2.60. The number of carbonyl (C=O) groups excluding carboxylic acids is 1. The molecule has 0 radical (unpaired) electrons. The lowest BCUT2D eigenvalue weighted by molar-refractivity contribution is 0.262. The minimum Gasteiger partial charge on any atom is -0.354 e. The molecule has 2 amide bonds. The summed E-state index contributed by atoms with van der Waals surface area (Å²) in [5.74, 6) is 0.935. The number of pyridine rings is 1. The summed E-state index contributed by atoms with van der Waals surface area (Å²) in [6.07, 6.45) is 1.68. The van der Waals surface area contributed by atoms with Gasteiger partial charge in [0.1, 0.15) is 5.82 Å². The Morgan fingerprint density at radius 3 is 2.40 bits per heavy atom. The van der Waals surface area contributed by atoms with Gasteiger partial charge in [-0.2, -0.15) is 0 Å². The number of amides is 2. The highest BCUT2D eigenvalue weighted by Crippen LogP contribution is 2.20. The van der Waals surface area contributed by atoms with E-state index >= 15 is 0 Å². The summed E-state index contributed by atoms with van der Waals surface area (Å²) in [5, 5.41) is 6.16. The predicted molar refractivity (Wildman–Crippen MR) is 103 cm³/mol. The van der Waals surface area contributed by atoms with Crippen molar-refractivity contribution in [2.24, 2.45) is 0 Å². The molecule has 0 saturated carbocycles. The Bertz CT molecular complexity index is 742. The Morgan fingerprint density at radius 2 is 1.76 bits per heavy atom. The molecule has 1 aliphatic rings. The molecule has 132 valence electrons. The van der Waals surface area contributed by atoms with Crippen molar-refractivity contribution in [3.8, 4) is 0 Å². The van der Waals surface area contributed by atoms with E-state index in [0.717, 1.165) is 37.6 Å². The van der Waals surface area contributed by atoms with Crippen LogP contribution in [-0.4, -0.2) is 49.1 Å². The van der Waals surface area contributed by atoms with Gasteiger partial charge in [0.15, 0.2) is 0 Å². The number of rotatable bonds is 3. The van der Waals surface area contributed by atoms with Crippen LogP contribution in [0, 0.1) is 6.92 Å². The number of anilines is 3. The van der Waals surface area contributed by atoms with E-state index in [-0.39, 0.29) is 6.03 Å². The first-order valence-corrected chi connectivity index (χ1v) is 8.63. The van der Waals surface area contributed by atoms with Crippen LogP contribution in [0.3, 0.4) is 0 Å². The Labute approximate surface area is 152 Å². The SMILES string of the molecule is Cc1ccc(NC(=O)Nc2ccc(N3CCN(C)CC3)nc2)cc1Cl. The van der Waals surface area contributed by atoms with Gasteiger partial charge in [-0.25, -0.2) is 9.78 Å². The first-order chi connectivity index (χ1) is 12.0. The molecule has 0 spiro atoms. The van der Waals surface area contributed by atoms with E-state index < -0.39 is 0 Å². The normalized spacial score (nSPS) is 15.1. The summed E-state index contributed by atoms with van der Waals surface area (Å²) >= 11 is 6.07. The number of nitrogens with one attached hydrogen (secondary N) is 2. The Hall–Kier alpha value is -2.31. The second-order valence-corrected chi connectivity index (χ2v) is 6.65. The number of aryl methyl sites for hydroxylation is 1. The fourth-order valence-corrected chi connectivity index (χ4v) is 2.83. The van der Waals surface area contributed by atoms with Crippen LogP contribution >= 0.6 is 11.6 Å². The molecule has 1 fully saturated rings. The highest BCUT2D eigenvalue weighted by atomic mass is 35.5. The van der Waals surface area contributed by atoms with E-state index in [1.165, 1.54) is 0 Å². The van der Waals surface area contributed by atoms with E-state index in [0.29, 0.717) is 16.4 Å². The van der Waals surface area contributed by atoms with Crippen LogP contribution in [0.5, 0.6) is 0 Å². The molecule has 1 aromatic heterocycles. The molecule has 1 aromatic carbocycles. The second-order valence-electron chi connectivity index (χ2n) is 6.24. The smallest absolute Gasteiger partial charge is 0.323 e. The Kier molecular flexibility index (Phi) is 5.40. The molecule has 2 heterocycles. The van der Waals surface area contributed by atoms with Crippen LogP contribution in [-0.2, 0) is 0 Å². The Balaban J connectivity index is 1.57. The molecule has 7 heteroatoms. The van der Waals surface area contributed by atoms with Gasteiger partial charge in [0.2, 0.25) is 0 Å². The van der Waals surface area contributed by atoms with Crippen molar-refractivity contribution in [1.82, 2.24) is 9.88 Å². The summed E-state index contributed by atoms with van der Waals surface area (Å²) in [7, 11) is 2.12. The van der Waals surface area contributed by atoms with Crippen molar-refractivity contribution in [2.45, 2.75) is 6.92 Å². The van der Waals surface area contributed by atoms with Crippen molar-refractivity contribution in [3.05, 3.63) is 47.1 Å². The number of carbonyl (C=O) groups is 1. The third-order valence-corrected chi connectivity index (χ3v) is 4.67. The first kappa shape index (κ1) is 17.5. The van der Waals surface area contributed by atoms with Gasteiger partial charge in [0, 0.05) is 36.9 Å². The van der Waals surface area contributed by atoms with Gasteiger partial charge < -0.3 is 20.4 Å². The lowest BCUT2D eigenvalue weighted by Crippen LogP contribution is -2.44. The fourth-order valence-electron chi connectivity index (χ4n) is 2.65. The zero-order valence-electron chi connectivity index (χ0n) is 14.4. The molecule has 0 unspecified atom stereocenters. The van der Waals surface area contributed by atoms with Crippen molar-refractivity contribution >= 4 is 34.8 Å². The zero-order chi connectivity index (χ0) is 17.8. The van der Waals surface area contributed by atoms with Gasteiger partial charge in [0.25, 0.3) is 0 Å². The van der Waals surface area contributed by atoms with Gasteiger partial charge in [0.05, 0.1) is 11.9 Å². The molecule has 0 aliphatic carbocycles. The minimum absolute atomic E-state index is 0.325. The molecule has 0 atom stereocenters. The van der Waals surface area contributed by atoms with Crippen molar-refractivity contribution in [2.75, 3.05) is 48.8 Å². The first-order valence-electron chi connectivity index (χ1n) is 8.25. The second kappa shape index (κ2) is 7.72. The van der Waals surface area contributed by atoms with Gasteiger partial charge in [-0.15, -0.1) is 0 Å². The number of nitrogens with zero attached hydrogens (tertiary/aromatic N) is 3. The van der Waals surface area contributed by atoms with Crippen molar-refractivity contribution in [1.29, 1.82) is 0 Å². The number of benzene rings is 1. The number of urea groups is 1. The van der Waals surface area contributed by atoms with E-state index in [1.54, 1.807) is 12.3 Å². The van der Waals surface area contributed by atoms with Gasteiger partial charge in [-0.05, 0) is 43.8 Å². The monoisotopic (exact) mass is 359 g/mol. The van der Waals surface area contributed by atoms with Crippen LogP contribution < -0.4 is 15.5 Å². The molecule has 2 N–H and O–H groups in total. The summed E-state index contributed by atoms with van der Waals surface area (Å²) in [5.41, 5.74) is 2.26. The lowest BCUT2D eigenvalue weighted by Gasteiger charge is -2.33. The zero-order valence-corrected chi connectivity index (χ0v) is 15.2. The maximum absolute atomic E-state index is 12.1. The number of hydrogen-bond acceptors (Lipinski definition) is 4. The fraction of sp³-hybridized carbons (Fsp3) is 0.333. The molecule has 0 bridgehead atoms. The molecule has 1 saturated heterocycles. The molecule has 6 nitrogen and oxygen atoms in total. The van der Waals surface area contributed by atoms with Gasteiger partial charge >= 0.3 is 6.03 Å². The molecule has 3 rings (SSSR count). The summed E-state index contributed by atoms with van der Waals surface area (Å²) in [6, 6.07) is 8.88. The lowest BCUT2D eigenvalue weighted by atomic mass is 10.2. The maximum atomic E-state index is 12.1. The Morgan fingerprint density at radius 1 is 1.08 bits per heavy atom. The number of piperazine rings is 1. The van der Waals surface area contributed by atoms with E-state index in [2.05, 4.69) is 32.5 Å². The molecule has 1 aliphatic heterocycles. The summed E-state index contributed by atoms with van der Waals surface area (Å²) in [4.78, 5) is 21.1.